The van der Waals surface area contributed by atoms with Crippen LogP contribution in [0.1, 0.15) is 66.2 Å². The first-order valence-corrected chi connectivity index (χ1v) is 11.7. The van der Waals surface area contributed by atoms with E-state index in [1.54, 1.807) is 20.8 Å². The lowest BCUT2D eigenvalue weighted by molar-refractivity contribution is -0.144. The van der Waals surface area contributed by atoms with Gasteiger partial charge in [0.05, 0.1) is 6.04 Å². The van der Waals surface area contributed by atoms with Gasteiger partial charge in [-0.1, -0.05) is 34.1 Å². The summed E-state index contributed by atoms with van der Waals surface area (Å²) in [4.78, 5) is 60.6. The largest absolute Gasteiger partial charge is 0.481 e. The molecule has 9 N–H and O–H groups in total. The average Bonchev–Trinajstić information content (AvgIpc) is 2.77. The van der Waals surface area contributed by atoms with E-state index in [-0.39, 0.29) is 31.1 Å². The van der Waals surface area contributed by atoms with E-state index >= 15 is 0 Å². The third-order valence-electron chi connectivity index (χ3n) is 5.61. The van der Waals surface area contributed by atoms with Crippen molar-refractivity contribution in [3.8, 4) is 0 Å². The molecule has 0 heterocycles. The number of aliphatic carboxylic acids is 2. The van der Waals surface area contributed by atoms with E-state index < -0.39 is 53.8 Å². The minimum Gasteiger partial charge on any atom is -0.481 e. The molecule has 0 aromatic heterocycles. The van der Waals surface area contributed by atoms with Gasteiger partial charge in [0, 0.05) is 6.42 Å². The lowest BCUT2D eigenvalue weighted by atomic mass is 9.98. The maximum absolute atomic E-state index is 13.0. The average molecular weight is 488 g/mol. The molecule has 0 bridgehead atoms. The monoisotopic (exact) mass is 487 g/mol. The molecule has 0 saturated carbocycles. The van der Waals surface area contributed by atoms with Gasteiger partial charge in [0.15, 0.2) is 0 Å². The Labute approximate surface area is 200 Å². The SMILES string of the molecule is CCC(C)C(NC(=O)C(CCCCN)NC(=O)C(NC(=O)C(N)CCC(=O)O)C(C)C)C(=O)O. The number of carboxylic acids is 2. The first-order valence-electron chi connectivity index (χ1n) is 11.7. The zero-order valence-electron chi connectivity index (χ0n) is 20.5. The van der Waals surface area contributed by atoms with Crippen LogP contribution in [-0.4, -0.2) is 70.6 Å². The lowest BCUT2D eigenvalue weighted by Gasteiger charge is -2.28. The van der Waals surface area contributed by atoms with Crippen molar-refractivity contribution in [3.05, 3.63) is 0 Å². The Kier molecular flexibility index (Phi) is 14.7. The molecule has 0 radical (unpaired) electrons. The van der Waals surface area contributed by atoms with Gasteiger partial charge in [-0.2, -0.15) is 0 Å². The summed E-state index contributed by atoms with van der Waals surface area (Å²) in [6.45, 7) is 7.30. The van der Waals surface area contributed by atoms with Gasteiger partial charge in [-0.05, 0) is 44.1 Å². The standard InChI is InChI=1S/C22H41N5O7/c1-5-13(4)18(22(33)34)27-20(31)15(8-6-7-11-23)25-21(32)17(12(2)3)26-19(30)14(24)9-10-16(28)29/h12-15,17-18H,5-11,23-24H2,1-4H3,(H,25,32)(H,26,30)(H,27,31)(H,28,29)(H,33,34). The Morgan fingerprint density at radius 1 is 0.824 bits per heavy atom. The first-order chi connectivity index (χ1) is 15.8. The number of unbranched alkanes of at least 4 members (excludes halogenated alkanes) is 1. The molecule has 0 aliphatic heterocycles. The zero-order valence-corrected chi connectivity index (χ0v) is 20.5. The van der Waals surface area contributed by atoms with E-state index in [9.17, 15) is 29.1 Å². The van der Waals surface area contributed by atoms with Crippen molar-refractivity contribution in [1.82, 2.24) is 16.0 Å². The number of rotatable bonds is 17. The van der Waals surface area contributed by atoms with Gasteiger partial charge in [0.2, 0.25) is 17.7 Å². The van der Waals surface area contributed by atoms with Gasteiger partial charge in [-0.25, -0.2) is 4.79 Å². The van der Waals surface area contributed by atoms with Gasteiger partial charge >= 0.3 is 11.9 Å². The van der Waals surface area contributed by atoms with Gasteiger partial charge in [0.1, 0.15) is 18.1 Å². The second-order valence-corrected chi connectivity index (χ2v) is 8.82. The van der Waals surface area contributed by atoms with Crippen molar-refractivity contribution < 1.29 is 34.2 Å². The van der Waals surface area contributed by atoms with Gasteiger partial charge < -0.3 is 37.6 Å². The number of carboxylic acid groups (broad SMARTS) is 2. The summed E-state index contributed by atoms with van der Waals surface area (Å²) < 4.78 is 0. The highest BCUT2D eigenvalue weighted by molar-refractivity contribution is 5.94. The number of hydrogen-bond acceptors (Lipinski definition) is 7. The highest BCUT2D eigenvalue weighted by Gasteiger charge is 2.32. The van der Waals surface area contributed by atoms with Crippen LogP contribution >= 0.6 is 0 Å². The fourth-order valence-corrected chi connectivity index (χ4v) is 3.17. The van der Waals surface area contributed by atoms with Crippen LogP contribution in [0.5, 0.6) is 0 Å². The van der Waals surface area contributed by atoms with E-state index in [1.807, 2.05) is 6.92 Å². The topological polar surface area (TPSA) is 214 Å². The molecular formula is C22H41N5O7. The lowest BCUT2D eigenvalue weighted by Crippen LogP contribution is -2.58. The fourth-order valence-electron chi connectivity index (χ4n) is 3.17. The summed E-state index contributed by atoms with van der Waals surface area (Å²) in [6, 6.07) is -4.28. The normalized spacial score (nSPS) is 15.5. The predicted molar refractivity (Wildman–Crippen MR) is 125 cm³/mol. The number of amides is 3. The van der Waals surface area contributed by atoms with Crippen LogP contribution in [0, 0.1) is 11.8 Å². The van der Waals surface area contributed by atoms with Crippen LogP contribution in [0.15, 0.2) is 0 Å². The van der Waals surface area contributed by atoms with Crippen molar-refractivity contribution in [1.29, 1.82) is 0 Å². The molecule has 5 atom stereocenters. The third-order valence-corrected chi connectivity index (χ3v) is 5.61. The molecule has 0 spiro atoms. The Balaban J connectivity index is 5.45. The molecule has 0 aliphatic rings. The van der Waals surface area contributed by atoms with E-state index in [0.717, 1.165) is 0 Å². The van der Waals surface area contributed by atoms with E-state index in [1.165, 1.54) is 0 Å². The molecule has 0 rings (SSSR count). The Bertz CT molecular complexity index is 701. The number of hydrogen-bond donors (Lipinski definition) is 7. The highest BCUT2D eigenvalue weighted by atomic mass is 16.4. The minimum atomic E-state index is -1.17. The molecule has 0 fully saturated rings. The van der Waals surface area contributed by atoms with E-state index in [4.69, 9.17) is 16.6 Å². The quantitative estimate of drug-likeness (QED) is 0.132. The summed E-state index contributed by atoms with van der Waals surface area (Å²) in [5.74, 6) is -4.89. The zero-order chi connectivity index (χ0) is 26.4. The number of carbonyl (C=O) groups excluding carboxylic acids is 3. The van der Waals surface area contributed by atoms with Gasteiger partial charge in [-0.3, -0.25) is 19.2 Å². The summed E-state index contributed by atoms with van der Waals surface area (Å²) in [7, 11) is 0. The molecule has 12 nitrogen and oxygen atoms in total. The van der Waals surface area contributed by atoms with Crippen LogP contribution in [0.25, 0.3) is 0 Å². The van der Waals surface area contributed by atoms with Crippen molar-refractivity contribution in [3.63, 3.8) is 0 Å². The van der Waals surface area contributed by atoms with Crippen LogP contribution in [0.4, 0.5) is 0 Å². The molecular weight excluding hydrogens is 446 g/mol. The number of carbonyl (C=O) groups is 5. The molecule has 34 heavy (non-hydrogen) atoms. The summed E-state index contributed by atoms with van der Waals surface area (Å²) in [5.41, 5.74) is 11.3. The predicted octanol–water partition coefficient (Wildman–Crippen LogP) is -0.451. The van der Waals surface area contributed by atoms with Crippen LogP contribution < -0.4 is 27.4 Å². The number of nitrogens with two attached hydrogens (primary N) is 2. The Morgan fingerprint density at radius 3 is 1.88 bits per heavy atom. The molecule has 0 aromatic rings. The molecule has 0 saturated heterocycles. The second kappa shape index (κ2) is 16.0. The molecule has 12 heteroatoms. The number of nitrogens with one attached hydrogen (secondary N) is 3. The minimum absolute atomic E-state index is 0.0933. The summed E-state index contributed by atoms with van der Waals surface area (Å²) in [6.07, 6.45) is 1.51. The van der Waals surface area contributed by atoms with Gasteiger partial charge in [0.25, 0.3) is 0 Å². The van der Waals surface area contributed by atoms with Crippen molar-refractivity contribution in [2.24, 2.45) is 23.3 Å². The maximum atomic E-state index is 13.0. The van der Waals surface area contributed by atoms with Crippen molar-refractivity contribution in [2.45, 2.75) is 90.4 Å². The van der Waals surface area contributed by atoms with Crippen LogP contribution in [-0.2, 0) is 24.0 Å². The Hall–Kier alpha value is -2.73. The van der Waals surface area contributed by atoms with E-state index in [0.29, 0.717) is 25.8 Å². The maximum Gasteiger partial charge on any atom is 0.326 e. The van der Waals surface area contributed by atoms with Crippen molar-refractivity contribution in [2.75, 3.05) is 6.54 Å². The highest BCUT2D eigenvalue weighted by Crippen LogP contribution is 2.11. The molecule has 3 amide bonds. The second-order valence-electron chi connectivity index (χ2n) is 8.82. The third kappa shape index (κ3) is 11.4. The van der Waals surface area contributed by atoms with E-state index in [2.05, 4.69) is 16.0 Å². The molecule has 196 valence electrons. The summed E-state index contributed by atoms with van der Waals surface area (Å²) in [5, 5.41) is 25.9. The smallest absolute Gasteiger partial charge is 0.326 e. The first kappa shape index (κ1) is 31.3. The van der Waals surface area contributed by atoms with Gasteiger partial charge in [-0.15, -0.1) is 0 Å². The molecule has 0 aliphatic carbocycles. The Morgan fingerprint density at radius 2 is 1.41 bits per heavy atom. The molecule has 5 unspecified atom stereocenters. The fraction of sp³-hybridized carbons (Fsp3) is 0.773. The molecule has 0 aromatic carbocycles. The summed E-state index contributed by atoms with van der Waals surface area (Å²) >= 11 is 0. The van der Waals surface area contributed by atoms with Crippen LogP contribution in [0.2, 0.25) is 0 Å². The van der Waals surface area contributed by atoms with Crippen molar-refractivity contribution >= 4 is 29.7 Å². The van der Waals surface area contributed by atoms with Crippen LogP contribution in [0.3, 0.4) is 0 Å².